The number of anilines is 1. The molecule has 2 aromatic heterocycles. The second kappa shape index (κ2) is 8.24. The number of ether oxygens (including phenoxy) is 1. The molecule has 4 aromatic rings. The van der Waals surface area contributed by atoms with Crippen LogP contribution in [0, 0.1) is 0 Å². The summed E-state index contributed by atoms with van der Waals surface area (Å²) in [6, 6.07) is 16.2. The molecular formula is C22H19ClN4O2. The van der Waals surface area contributed by atoms with Crippen molar-refractivity contribution < 1.29 is 9.53 Å². The molecule has 6 nitrogen and oxygen atoms in total. The number of aromatic nitrogens is 3. The Morgan fingerprint density at radius 2 is 1.86 bits per heavy atom. The molecule has 2 aromatic carbocycles. The number of amides is 1. The van der Waals surface area contributed by atoms with Gasteiger partial charge in [-0.25, -0.2) is 4.98 Å². The summed E-state index contributed by atoms with van der Waals surface area (Å²) in [6.07, 6.45) is 7.39. The van der Waals surface area contributed by atoms with Crippen molar-refractivity contribution in [2.24, 2.45) is 7.05 Å². The molecule has 2 heterocycles. The fraction of sp³-hybridized carbons (Fsp3) is 0.0909. The highest BCUT2D eigenvalue weighted by Gasteiger charge is 2.11. The van der Waals surface area contributed by atoms with Gasteiger partial charge in [-0.2, -0.15) is 0 Å². The first-order chi connectivity index (χ1) is 14.1. The molecule has 1 amide bonds. The first kappa shape index (κ1) is 18.8. The lowest BCUT2D eigenvalue weighted by Gasteiger charge is -2.13. The van der Waals surface area contributed by atoms with E-state index in [9.17, 15) is 4.79 Å². The maximum atomic E-state index is 12.7. The summed E-state index contributed by atoms with van der Waals surface area (Å²) in [4.78, 5) is 16.9. The molecule has 4 rings (SSSR count). The standard InChI is InChI=1S/C22H19ClN4O2/c1-26-13-10-24-21(26)15-29-18-7-4-16(5-8-18)22(28)25-19-9-6-17(23)14-20(19)27-11-2-3-12-27/h2-14H,15H2,1H3,(H,25,28). The quantitative estimate of drug-likeness (QED) is 0.505. The number of rotatable bonds is 6. The van der Waals surface area contributed by atoms with Gasteiger partial charge in [-0.1, -0.05) is 11.6 Å². The Hall–Kier alpha value is -3.51. The van der Waals surface area contributed by atoms with Crippen molar-refractivity contribution in [3.8, 4) is 11.4 Å². The minimum Gasteiger partial charge on any atom is -0.486 e. The van der Waals surface area contributed by atoms with Crippen molar-refractivity contribution in [3.05, 3.63) is 95.8 Å². The van der Waals surface area contributed by atoms with Crippen LogP contribution in [0.3, 0.4) is 0 Å². The van der Waals surface area contributed by atoms with Crippen molar-refractivity contribution in [2.45, 2.75) is 6.61 Å². The van der Waals surface area contributed by atoms with Gasteiger partial charge < -0.3 is 19.2 Å². The predicted molar refractivity (Wildman–Crippen MR) is 113 cm³/mol. The average molecular weight is 407 g/mol. The maximum absolute atomic E-state index is 12.7. The van der Waals surface area contributed by atoms with Gasteiger partial charge in [0, 0.05) is 42.4 Å². The summed E-state index contributed by atoms with van der Waals surface area (Å²) >= 11 is 6.14. The molecular weight excluding hydrogens is 388 g/mol. The van der Waals surface area contributed by atoms with Gasteiger partial charge in [0.2, 0.25) is 0 Å². The van der Waals surface area contributed by atoms with Gasteiger partial charge in [-0.3, -0.25) is 4.79 Å². The Kier molecular flexibility index (Phi) is 5.35. The average Bonchev–Trinajstić information content (AvgIpc) is 3.40. The van der Waals surface area contributed by atoms with Gasteiger partial charge in [0.25, 0.3) is 5.91 Å². The Morgan fingerprint density at radius 1 is 1.10 bits per heavy atom. The van der Waals surface area contributed by atoms with Crippen LogP contribution in [-0.4, -0.2) is 20.0 Å². The van der Waals surface area contributed by atoms with E-state index in [1.807, 2.05) is 53.0 Å². The zero-order valence-electron chi connectivity index (χ0n) is 15.7. The monoisotopic (exact) mass is 406 g/mol. The van der Waals surface area contributed by atoms with Crippen LogP contribution in [0.4, 0.5) is 5.69 Å². The fourth-order valence-electron chi connectivity index (χ4n) is 2.90. The number of hydrogen-bond acceptors (Lipinski definition) is 3. The van der Waals surface area contributed by atoms with E-state index < -0.39 is 0 Å². The summed E-state index contributed by atoms with van der Waals surface area (Å²) in [5.41, 5.74) is 2.00. The van der Waals surface area contributed by atoms with E-state index in [-0.39, 0.29) is 5.91 Å². The van der Waals surface area contributed by atoms with E-state index in [2.05, 4.69) is 10.3 Å². The third kappa shape index (κ3) is 4.33. The van der Waals surface area contributed by atoms with Crippen molar-refractivity contribution in [3.63, 3.8) is 0 Å². The van der Waals surface area contributed by atoms with Crippen LogP contribution >= 0.6 is 11.6 Å². The molecule has 146 valence electrons. The lowest BCUT2D eigenvalue weighted by Crippen LogP contribution is -2.13. The Morgan fingerprint density at radius 3 is 2.55 bits per heavy atom. The van der Waals surface area contributed by atoms with Crippen molar-refractivity contribution in [2.75, 3.05) is 5.32 Å². The molecule has 0 spiro atoms. The summed E-state index contributed by atoms with van der Waals surface area (Å²) in [5.74, 6) is 1.28. The molecule has 0 atom stereocenters. The molecule has 0 aliphatic rings. The summed E-state index contributed by atoms with van der Waals surface area (Å²) in [5, 5.41) is 3.55. The number of benzene rings is 2. The Bertz CT molecular complexity index is 1120. The fourth-order valence-corrected chi connectivity index (χ4v) is 3.07. The van der Waals surface area contributed by atoms with Crippen LogP contribution in [0.25, 0.3) is 5.69 Å². The highest BCUT2D eigenvalue weighted by Crippen LogP contribution is 2.25. The molecule has 0 aliphatic heterocycles. The second-order valence-corrected chi connectivity index (χ2v) is 6.91. The van der Waals surface area contributed by atoms with Crippen molar-refractivity contribution in [1.82, 2.24) is 14.1 Å². The molecule has 0 fully saturated rings. The van der Waals surface area contributed by atoms with E-state index in [0.29, 0.717) is 28.6 Å². The lowest BCUT2D eigenvalue weighted by atomic mass is 10.2. The Labute approximate surface area is 173 Å². The van der Waals surface area contributed by atoms with E-state index in [0.717, 1.165) is 11.5 Å². The van der Waals surface area contributed by atoms with E-state index in [1.54, 1.807) is 42.6 Å². The summed E-state index contributed by atoms with van der Waals surface area (Å²) < 4.78 is 9.53. The summed E-state index contributed by atoms with van der Waals surface area (Å²) in [6.45, 7) is 0.361. The maximum Gasteiger partial charge on any atom is 0.255 e. The number of aryl methyl sites for hydroxylation is 1. The van der Waals surface area contributed by atoms with Gasteiger partial charge in [0.15, 0.2) is 0 Å². The highest BCUT2D eigenvalue weighted by atomic mass is 35.5. The number of nitrogens with one attached hydrogen (secondary N) is 1. The van der Waals surface area contributed by atoms with Crippen LogP contribution in [0.15, 0.2) is 79.4 Å². The number of nitrogens with zero attached hydrogens (tertiary/aromatic N) is 3. The summed E-state index contributed by atoms with van der Waals surface area (Å²) in [7, 11) is 1.91. The third-order valence-electron chi connectivity index (χ3n) is 4.50. The van der Waals surface area contributed by atoms with Gasteiger partial charge in [-0.15, -0.1) is 0 Å². The zero-order valence-corrected chi connectivity index (χ0v) is 16.5. The number of hydrogen-bond donors (Lipinski definition) is 1. The molecule has 1 N–H and O–H groups in total. The van der Waals surface area contributed by atoms with E-state index >= 15 is 0 Å². The molecule has 0 saturated carbocycles. The smallest absolute Gasteiger partial charge is 0.255 e. The van der Waals surface area contributed by atoms with Gasteiger partial charge in [0.05, 0.1) is 11.4 Å². The van der Waals surface area contributed by atoms with Gasteiger partial charge in [-0.05, 0) is 54.6 Å². The van der Waals surface area contributed by atoms with Crippen LogP contribution < -0.4 is 10.1 Å². The zero-order chi connectivity index (χ0) is 20.2. The minimum absolute atomic E-state index is 0.212. The molecule has 0 bridgehead atoms. The number of halogens is 1. The van der Waals surface area contributed by atoms with E-state index in [4.69, 9.17) is 16.3 Å². The van der Waals surface area contributed by atoms with Gasteiger partial charge >= 0.3 is 0 Å². The van der Waals surface area contributed by atoms with Crippen molar-refractivity contribution >= 4 is 23.2 Å². The number of carbonyl (C=O) groups is 1. The highest BCUT2D eigenvalue weighted by molar-refractivity contribution is 6.31. The van der Waals surface area contributed by atoms with Crippen LogP contribution in [0.5, 0.6) is 5.75 Å². The molecule has 7 heteroatoms. The number of carbonyl (C=O) groups excluding carboxylic acids is 1. The molecule has 0 saturated heterocycles. The first-order valence-corrected chi connectivity index (χ1v) is 9.41. The van der Waals surface area contributed by atoms with Crippen molar-refractivity contribution in [1.29, 1.82) is 0 Å². The topological polar surface area (TPSA) is 61.1 Å². The van der Waals surface area contributed by atoms with Crippen LogP contribution in [0.1, 0.15) is 16.2 Å². The number of imidazole rings is 1. The van der Waals surface area contributed by atoms with Crippen LogP contribution in [0.2, 0.25) is 5.02 Å². The Balaban J connectivity index is 1.46. The molecule has 29 heavy (non-hydrogen) atoms. The largest absolute Gasteiger partial charge is 0.486 e. The molecule has 0 radical (unpaired) electrons. The minimum atomic E-state index is -0.212. The molecule has 0 aliphatic carbocycles. The van der Waals surface area contributed by atoms with Gasteiger partial charge in [0.1, 0.15) is 18.2 Å². The predicted octanol–water partition coefficient (Wildman–Crippen LogP) is 4.70. The molecule has 0 unspecified atom stereocenters. The lowest BCUT2D eigenvalue weighted by molar-refractivity contribution is 0.102. The SMILES string of the molecule is Cn1ccnc1COc1ccc(C(=O)Nc2ccc(Cl)cc2-n2cccc2)cc1. The first-order valence-electron chi connectivity index (χ1n) is 9.03. The van der Waals surface area contributed by atoms with E-state index in [1.165, 1.54) is 0 Å². The second-order valence-electron chi connectivity index (χ2n) is 6.47. The third-order valence-corrected chi connectivity index (χ3v) is 4.73. The van der Waals surface area contributed by atoms with Crippen LogP contribution in [-0.2, 0) is 13.7 Å². The normalized spacial score (nSPS) is 10.7.